The number of hydrogen-bond acceptors (Lipinski definition) is 3. The SMILES string of the molecule is CN(C(=O)OC(C)(C)C)[C@@H]1CCC[C@H]1N. The molecule has 4 heteroatoms. The first-order valence-corrected chi connectivity index (χ1v) is 5.52. The third-order valence-corrected chi connectivity index (χ3v) is 2.71. The van der Waals surface area contributed by atoms with Gasteiger partial charge in [-0.15, -0.1) is 0 Å². The maximum atomic E-state index is 11.7. The molecule has 1 fully saturated rings. The summed E-state index contributed by atoms with van der Waals surface area (Å²) >= 11 is 0. The third kappa shape index (κ3) is 3.38. The summed E-state index contributed by atoms with van der Waals surface area (Å²) in [5.41, 5.74) is 5.50. The molecule has 0 unspecified atom stereocenters. The minimum atomic E-state index is -0.436. The zero-order valence-corrected chi connectivity index (χ0v) is 10.1. The Hall–Kier alpha value is -0.770. The van der Waals surface area contributed by atoms with Crippen LogP contribution >= 0.6 is 0 Å². The molecule has 1 aliphatic rings. The molecule has 0 aromatic heterocycles. The molecule has 1 saturated carbocycles. The second kappa shape index (κ2) is 4.39. The van der Waals surface area contributed by atoms with Crippen molar-refractivity contribution in [2.45, 2.75) is 57.7 Å². The molecule has 2 atom stereocenters. The van der Waals surface area contributed by atoms with E-state index in [1.54, 1.807) is 11.9 Å². The van der Waals surface area contributed by atoms with E-state index in [2.05, 4.69) is 0 Å². The Morgan fingerprint density at radius 1 is 1.40 bits per heavy atom. The summed E-state index contributed by atoms with van der Waals surface area (Å²) in [6.07, 6.45) is 2.80. The number of nitrogens with zero attached hydrogens (tertiary/aromatic N) is 1. The predicted molar refractivity (Wildman–Crippen MR) is 59.6 cm³/mol. The quantitative estimate of drug-likeness (QED) is 0.723. The van der Waals surface area contributed by atoms with E-state index in [1.807, 2.05) is 20.8 Å². The van der Waals surface area contributed by atoms with Crippen LogP contribution in [-0.4, -0.2) is 35.7 Å². The van der Waals surface area contributed by atoms with Crippen molar-refractivity contribution in [3.05, 3.63) is 0 Å². The van der Waals surface area contributed by atoms with Gasteiger partial charge >= 0.3 is 6.09 Å². The van der Waals surface area contributed by atoms with Crippen molar-refractivity contribution in [3.8, 4) is 0 Å². The molecule has 0 aliphatic heterocycles. The average Bonchev–Trinajstić information content (AvgIpc) is 2.47. The maximum absolute atomic E-state index is 11.7. The number of hydrogen-bond donors (Lipinski definition) is 1. The first-order chi connectivity index (χ1) is 6.81. The topological polar surface area (TPSA) is 55.6 Å². The van der Waals surface area contributed by atoms with Crippen LogP contribution in [0.2, 0.25) is 0 Å². The lowest BCUT2D eigenvalue weighted by Gasteiger charge is -2.30. The van der Waals surface area contributed by atoms with Crippen LogP contribution in [0.15, 0.2) is 0 Å². The molecule has 88 valence electrons. The molecule has 1 rings (SSSR count). The smallest absolute Gasteiger partial charge is 0.410 e. The average molecular weight is 214 g/mol. The van der Waals surface area contributed by atoms with Crippen LogP contribution in [0.5, 0.6) is 0 Å². The highest BCUT2D eigenvalue weighted by molar-refractivity contribution is 5.68. The first-order valence-electron chi connectivity index (χ1n) is 5.52. The Bertz CT molecular complexity index is 235. The molecular weight excluding hydrogens is 192 g/mol. The zero-order chi connectivity index (χ0) is 11.6. The van der Waals surface area contributed by atoms with Gasteiger partial charge in [0.1, 0.15) is 5.60 Å². The highest BCUT2D eigenvalue weighted by atomic mass is 16.6. The van der Waals surface area contributed by atoms with Gasteiger partial charge < -0.3 is 15.4 Å². The van der Waals surface area contributed by atoms with Gasteiger partial charge in [0, 0.05) is 19.1 Å². The summed E-state index contributed by atoms with van der Waals surface area (Å²) < 4.78 is 5.29. The number of nitrogens with two attached hydrogens (primary N) is 1. The molecule has 0 saturated heterocycles. The van der Waals surface area contributed by atoms with E-state index in [4.69, 9.17) is 10.5 Å². The van der Waals surface area contributed by atoms with E-state index in [-0.39, 0.29) is 18.2 Å². The monoisotopic (exact) mass is 214 g/mol. The largest absolute Gasteiger partial charge is 0.444 e. The molecule has 2 N–H and O–H groups in total. The van der Waals surface area contributed by atoms with Crippen LogP contribution in [0, 0.1) is 0 Å². The van der Waals surface area contributed by atoms with Gasteiger partial charge in [-0.3, -0.25) is 0 Å². The lowest BCUT2D eigenvalue weighted by atomic mass is 10.1. The predicted octanol–water partition coefficient (Wildman–Crippen LogP) is 1.73. The minimum absolute atomic E-state index is 0.0996. The summed E-state index contributed by atoms with van der Waals surface area (Å²) in [5.74, 6) is 0. The van der Waals surface area contributed by atoms with E-state index in [9.17, 15) is 4.79 Å². The third-order valence-electron chi connectivity index (χ3n) is 2.71. The highest BCUT2D eigenvalue weighted by Crippen LogP contribution is 2.23. The van der Waals surface area contributed by atoms with Crippen LogP contribution in [0.4, 0.5) is 4.79 Å². The van der Waals surface area contributed by atoms with Gasteiger partial charge in [0.2, 0.25) is 0 Å². The molecule has 0 aromatic carbocycles. The summed E-state index contributed by atoms with van der Waals surface area (Å²) in [5, 5.41) is 0. The first kappa shape index (κ1) is 12.3. The van der Waals surface area contributed by atoms with E-state index in [0.29, 0.717) is 0 Å². The fraction of sp³-hybridized carbons (Fsp3) is 0.909. The van der Waals surface area contributed by atoms with Gasteiger partial charge in [-0.25, -0.2) is 4.79 Å². The molecule has 1 aliphatic carbocycles. The van der Waals surface area contributed by atoms with Crippen molar-refractivity contribution in [1.29, 1.82) is 0 Å². The molecule has 0 radical (unpaired) electrons. The van der Waals surface area contributed by atoms with Crippen molar-refractivity contribution in [3.63, 3.8) is 0 Å². The molecule has 0 bridgehead atoms. The molecule has 4 nitrogen and oxygen atoms in total. The van der Waals surface area contributed by atoms with Crippen molar-refractivity contribution >= 4 is 6.09 Å². The highest BCUT2D eigenvalue weighted by Gasteiger charge is 2.32. The van der Waals surface area contributed by atoms with Crippen molar-refractivity contribution in [2.24, 2.45) is 5.73 Å². The lowest BCUT2D eigenvalue weighted by molar-refractivity contribution is 0.0214. The number of carbonyl (C=O) groups is 1. The maximum Gasteiger partial charge on any atom is 0.410 e. The minimum Gasteiger partial charge on any atom is -0.444 e. The number of carbonyl (C=O) groups excluding carboxylic acids is 1. The Kier molecular flexibility index (Phi) is 3.60. The van der Waals surface area contributed by atoms with Gasteiger partial charge in [0.05, 0.1) is 0 Å². The number of ether oxygens (including phenoxy) is 1. The molecule has 0 spiro atoms. The van der Waals surface area contributed by atoms with Gasteiger partial charge in [0.25, 0.3) is 0 Å². The number of likely N-dealkylation sites (N-methyl/N-ethyl adjacent to an activating group) is 1. The van der Waals surface area contributed by atoms with Crippen molar-refractivity contribution < 1.29 is 9.53 Å². The Labute approximate surface area is 91.8 Å². The molecule has 0 heterocycles. The standard InChI is InChI=1S/C11H22N2O2/c1-11(2,3)15-10(14)13(4)9-7-5-6-8(9)12/h8-9H,5-7,12H2,1-4H3/t8-,9-/m1/s1. The van der Waals surface area contributed by atoms with Crippen LogP contribution in [0.3, 0.4) is 0 Å². The van der Waals surface area contributed by atoms with E-state index < -0.39 is 5.60 Å². The molecular formula is C11H22N2O2. The molecule has 1 amide bonds. The fourth-order valence-corrected chi connectivity index (χ4v) is 1.92. The summed E-state index contributed by atoms with van der Waals surface area (Å²) in [7, 11) is 1.77. The van der Waals surface area contributed by atoms with E-state index in [0.717, 1.165) is 19.3 Å². The van der Waals surface area contributed by atoms with Crippen molar-refractivity contribution in [1.82, 2.24) is 4.90 Å². The van der Waals surface area contributed by atoms with Gasteiger partial charge in [-0.05, 0) is 40.0 Å². The van der Waals surface area contributed by atoms with Gasteiger partial charge in [-0.2, -0.15) is 0 Å². The summed E-state index contributed by atoms with van der Waals surface area (Å²) in [4.78, 5) is 13.4. The second-order valence-corrected chi connectivity index (χ2v) is 5.25. The van der Waals surface area contributed by atoms with E-state index >= 15 is 0 Å². The normalized spacial score (nSPS) is 26.5. The number of rotatable bonds is 1. The van der Waals surface area contributed by atoms with Crippen molar-refractivity contribution in [2.75, 3.05) is 7.05 Å². The van der Waals surface area contributed by atoms with Crippen LogP contribution in [0.1, 0.15) is 40.0 Å². The second-order valence-electron chi connectivity index (χ2n) is 5.25. The Morgan fingerprint density at radius 2 is 2.00 bits per heavy atom. The van der Waals surface area contributed by atoms with Gasteiger partial charge in [-0.1, -0.05) is 0 Å². The Balaban J connectivity index is 2.52. The summed E-state index contributed by atoms with van der Waals surface area (Å²) in [6, 6.07) is 0.238. The molecule has 15 heavy (non-hydrogen) atoms. The molecule has 0 aromatic rings. The van der Waals surface area contributed by atoms with E-state index in [1.165, 1.54) is 0 Å². The zero-order valence-electron chi connectivity index (χ0n) is 10.1. The van der Waals surface area contributed by atoms with Gasteiger partial charge in [0.15, 0.2) is 0 Å². The summed E-state index contributed by atoms with van der Waals surface area (Å²) in [6.45, 7) is 5.61. The fourth-order valence-electron chi connectivity index (χ4n) is 1.92. The lowest BCUT2D eigenvalue weighted by Crippen LogP contribution is -2.47. The van der Waals surface area contributed by atoms with Crippen LogP contribution < -0.4 is 5.73 Å². The van der Waals surface area contributed by atoms with Crippen LogP contribution in [-0.2, 0) is 4.74 Å². The Morgan fingerprint density at radius 3 is 2.40 bits per heavy atom. The van der Waals surface area contributed by atoms with Crippen LogP contribution in [0.25, 0.3) is 0 Å². The number of amides is 1.